The highest BCUT2D eigenvalue weighted by Gasteiger charge is 2.17. The van der Waals surface area contributed by atoms with Crippen molar-refractivity contribution in [3.63, 3.8) is 0 Å². The SMILES string of the molecule is CCNC(c1ccc(CC(C)C)cc1)c1sccc1Cl. The van der Waals surface area contributed by atoms with Gasteiger partial charge in [0.1, 0.15) is 0 Å². The molecule has 0 aliphatic heterocycles. The third-order valence-electron chi connectivity index (χ3n) is 3.27. The molecule has 0 amide bonds. The van der Waals surface area contributed by atoms with Crippen molar-refractivity contribution in [2.75, 3.05) is 6.54 Å². The van der Waals surface area contributed by atoms with Crippen molar-refractivity contribution in [2.24, 2.45) is 5.92 Å². The van der Waals surface area contributed by atoms with Crippen molar-refractivity contribution in [3.8, 4) is 0 Å². The van der Waals surface area contributed by atoms with Gasteiger partial charge >= 0.3 is 0 Å². The van der Waals surface area contributed by atoms with Crippen molar-refractivity contribution in [2.45, 2.75) is 33.2 Å². The molecule has 2 rings (SSSR count). The van der Waals surface area contributed by atoms with Crippen LogP contribution in [-0.4, -0.2) is 6.54 Å². The van der Waals surface area contributed by atoms with Gasteiger partial charge < -0.3 is 5.32 Å². The van der Waals surface area contributed by atoms with Gasteiger partial charge in [0.2, 0.25) is 0 Å². The molecule has 0 aliphatic rings. The fourth-order valence-electron chi connectivity index (χ4n) is 2.40. The van der Waals surface area contributed by atoms with Crippen molar-refractivity contribution >= 4 is 22.9 Å². The maximum atomic E-state index is 6.29. The number of hydrogen-bond acceptors (Lipinski definition) is 2. The molecule has 1 heterocycles. The van der Waals surface area contributed by atoms with E-state index in [0.29, 0.717) is 5.92 Å². The molecule has 0 saturated heterocycles. The smallest absolute Gasteiger partial charge is 0.0686 e. The molecule has 0 saturated carbocycles. The van der Waals surface area contributed by atoms with Crippen LogP contribution < -0.4 is 5.32 Å². The van der Waals surface area contributed by atoms with Crippen LogP contribution in [0.15, 0.2) is 35.7 Å². The van der Waals surface area contributed by atoms with E-state index in [1.165, 1.54) is 16.0 Å². The fraction of sp³-hybridized carbons (Fsp3) is 0.412. The molecule has 20 heavy (non-hydrogen) atoms. The van der Waals surface area contributed by atoms with Gasteiger partial charge in [-0.25, -0.2) is 0 Å². The van der Waals surface area contributed by atoms with Crippen molar-refractivity contribution in [1.82, 2.24) is 5.32 Å². The fourth-order valence-corrected chi connectivity index (χ4v) is 3.66. The Morgan fingerprint density at radius 2 is 1.85 bits per heavy atom. The maximum Gasteiger partial charge on any atom is 0.0686 e. The van der Waals surface area contributed by atoms with Gasteiger partial charge in [-0.2, -0.15) is 0 Å². The second-order valence-corrected chi connectivity index (χ2v) is 6.82. The van der Waals surface area contributed by atoms with E-state index in [0.717, 1.165) is 18.0 Å². The van der Waals surface area contributed by atoms with Gasteiger partial charge in [-0.3, -0.25) is 0 Å². The van der Waals surface area contributed by atoms with E-state index in [1.807, 2.05) is 6.07 Å². The zero-order chi connectivity index (χ0) is 14.5. The minimum atomic E-state index is 0.195. The molecule has 1 N–H and O–H groups in total. The summed E-state index contributed by atoms with van der Waals surface area (Å²) in [6.45, 7) is 7.55. The summed E-state index contributed by atoms with van der Waals surface area (Å²) in [4.78, 5) is 1.20. The summed E-state index contributed by atoms with van der Waals surface area (Å²) in [5.74, 6) is 0.692. The number of halogens is 1. The molecule has 1 nitrogen and oxygen atoms in total. The molecule has 1 aromatic carbocycles. The Bertz CT molecular complexity index is 530. The summed E-state index contributed by atoms with van der Waals surface area (Å²) in [6.07, 6.45) is 1.13. The van der Waals surface area contributed by atoms with Gasteiger partial charge in [0.15, 0.2) is 0 Å². The molecule has 1 unspecified atom stereocenters. The number of rotatable bonds is 6. The van der Waals surface area contributed by atoms with Gasteiger partial charge in [0.05, 0.1) is 11.1 Å². The molecule has 0 aliphatic carbocycles. The number of nitrogens with one attached hydrogen (secondary N) is 1. The molecule has 3 heteroatoms. The lowest BCUT2D eigenvalue weighted by atomic mass is 9.99. The summed E-state index contributed by atoms with van der Waals surface area (Å²) in [7, 11) is 0. The van der Waals surface area contributed by atoms with Gasteiger partial charge in [-0.1, -0.05) is 56.6 Å². The van der Waals surface area contributed by atoms with E-state index in [4.69, 9.17) is 11.6 Å². The molecule has 2 aromatic rings. The first-order chi connectivity index (χ1) is 9.61. The van der Waals surface area contributed by atoms with Crippen LogP contribution in [-0.2, 0) is 6.42 Å². The van der Waals surface area contributed by atoms with Crippen molar-refractivity contribution in [1.29, 1.82) is 0 Å². The van der Waals surface area contributed by atoms with Gasteiger partial charge in [0, 0.05) is 4.88 Å². The normalized spacial score (nSPS) is 12.8. The van der Waals surface area contributed by atoms with Crippen molar-refractivity contribution in [3.05, 3.63) is 56.7 Å². The Balaban J connectivity index is 2.24. The third kappa shape index (κ3) is 3.85. The lowest BCUT2D eigenvalue weighted by Crippen LogP contribution is -2.21. The number of thiophene rings is 1. The van der Waals surface area contributed by atoms with Crippen LogP contribution in [0.3, 0.4) is 0 Å². The van der Waals surface area contributed by atoms with Gasteiger partial charge in [0.25, 0.3) is 0 Å². The van der Waals surface area contributed by atoms with Gasteiger partial charge in [-0.15, -0.1) is 11.3 Å². The zero-order valence-electron chi connectivity index (χ0n) is 12.3. The van der Waals surface area contributed by atoms with Crippen LogP contribution >= 0.6 is 22.9 Å². The second-order valence-electron chi connectivity index (χ2n) is 5.46. The molecule has 0 spiro atoms. The Labute approximate surface area is 131 Å². The first-order valence-electron chi connectivity index (χ1n) is 7.17. The van der Waals surface area contributed by atoms with E-state index >= 15 is 0 Å². The Hall–Kier alpha value is -0.830. The molecular weight excluding hydrogens is 286 g/mol. The van der Waals surface area contributed by atoms with Gasteiger partial charge in [-0.05, 0) is 41.5 Å². The Morgan fingerprint density at radius 3 is 2.35 bits per heavy atom. The third-order valence-corrected chi connectivity index (χ3v) is 4.70. The monoisotopic (exact) mass is 307 g/mol. The minimum absolute atomic E-state index is 0.195. The van der Waals surface area contributed by atoms with Crippen LogP contribution in [0.2, 0.25) is 5.02 Å². The quantitative estimate of drug-likeness (QED) is 0.763. The highest BCUT2D eigenvalue weighted by molar-refractivity contribution is 7.10. The summed E-state index contributed by atoms with van der Waals surface area (Å²) in [5, 5.41) is 6.43. The van der Waals surface area contributed by atoms with E-state index in [-0.39, 0.29) is 6.04 Å². The topological polar surface area (TPSA) is 12.0 Å². The summed E-state index contributed by atoms with van der Waals surface area (Å²) < 4.78 is 0. The highest BCUT2D eigenvalue weighted by Crippen LogP contribution is 2.33. The standard InChI is InChI=1S/C17H22ClNS/c1-4-19-16(17-15(18)9-10-20-17)14-7-5-13(6-8-14)11-12(2)3/h5-10,12,16,19H,4,11H2,1-3H3. The van der Waals surface area contributed by atoms with Crippen LogP contribution in [0.4, 0.5) is 0 Å². The first-order valence-corrected chi connectivity index (χ1v) is 8.42. The Morgan fingerprint density at radius 1 is 1.15 bits per heavy atom. The van der Waals surface area contributed by atoms with E-state index < -0.39 is 0 Å². The average Bonchev–Trinajstić information content (AvgIpc) is 2.83. The molecule has 1 atom stereocenters. The molecule has 0 bridgehead atoms. The highest BCUT2D eigenvalue weighted by atomic mass is 35.5. The van der Waals surface area contributed by atoms with Crippen LogP contribution in [0.25, 0.3) is 0 Å². The number of benzene rings is 1. The Kier molecular flexibility index (Phi) is 5.64. The van der Waals surface area contributed by atoms with Crippen LogP contribution in [0, 0.1) is 5.92 Å². The van der Waals surface area contributed by atoms with E-state index in [2.05, 4.69) is 55.7 Å². The molecule has 0 radical (unpaired) electrons. The zero-order valence-corrected chi connectivity index (χ0v) is 13.9. The van der Waals surface area contributed by atoms with E-state index in [1.54, 1.807) is 11.3 Å². The average molecular weight is 308 g/mol. The lowest BCUT2D eigenvalue weighted by molar-refractivity contribution is 0.635. The summed E-state index contributed by atoms with van der Waals surface area (Å²) >= 11 is 8.00. The molecule has 108 valence electrons. The largest absolute Gasteiger partial charge is 0.306 e. The number of hydrogen-bond donors (Lipinski definition) is 1. The second kappa shape index (κ2) is 7.26. The van der Waals surface area contributed by atoms with Crippen molar-refractivity contribution < 1.29 is 0 Å². The summed E-state index contributed by atoms with van der Waals surface area (Å²) in [5.41, 5.74) is 2.68. The lowest BCUT2D eigenvalue weighted by Gasteiger charge is -2.18. The molecule has 1 aromatic heterocycles. The predicted octanol–water partition coefficient (Wildman–Crippen LogP) is 5.30. The summed E-state index contributed by atoms with van der Waals surface area (Å²) in [6, 6.07) is 11.1. The molecule has 0 fully saturated rings. The van der Waals surface area contributed by atoms with Crippen LogP contribution in [0.1, 0.15) is 42.8 Å². The van der Waals surface area contributed by atoms with Crippen LogP contribution in [0.5, 0.6) is 0 Å². The maximum absolute atomic E-state index is 6.29. The molecular formula is C17H22ClNS. The van der Waals surface area contributed by atoms with E-state index in [9.17, 15) is 0 Å². The minimum Gasteiger partial charge on any atom is -0.306 e. The predicted molar refractivity (Wildman–Crippen MR) is 89.8 cm³/mol. The first kappa shape index (κ1) is 15.6.